The maximum Gasteiger partial charge on any atom is 0.341 e. The molecule has 2 aromatic carbocycles. The first kappa shape index (κ1) is 28.6. The number of aryl methyl sites for hydroxylation is 3. The van der Waals surface area contributed by atoms with Crippen LogP contribution in [0.4, 0.5) is 5.00 Å². The molecule has 1 aliphatic rings. The summed E-state index contributed by atoms with van der Waals surface area (Å²) < 4.78 is 17.2. The van der Waals surface area contributed by atoms with Gasteiger partial charge in [-0.05, 0) is 79.3 Å². The van der Waals surface area contributed by atoms with Crippen LogP contribution < -0.4 is 15.5 Å². The molecule has 8 heteroatoms. The van der Waals surface area contributed by atoms with Crippen molar-refractivity contribution in [2.75, 3.05) is 19.0 Å². The summed E-state index contributed by atoms with van der Waals surface area (Å²) in [7, 11) is 1.34. The Hall–Kier alpha value is -3.91. The Morgan fingerprint density at radius 3 is 2.39 bits per heavy atom. The van der Waals surface area contributed by atoms with Gasteiger partial charge in [0.25, 0.3) is 5.91 Å². The van der Waals surface area contributed by atoms with Crippen LogP contribution in [0.2, 0.25) is 0 Å². The molecule has 214 valence electrons. The summed E-state index contributed by atoms with van der Waals surface area (Å²) in [5, 5.41) is 3.67. The lowest BCUT2D eigenvalue weighted by atomic mass is 9.86. The molecule has 0 saturated carbocycles. The fraction of sp³-hybridized carbons (Fsp3) is 0.364. The number of carbonyl (C=O) groups is 2. The van der Waals surface area contributed by atoms with E-state index < -0.39 is 18.5 Å². The van der Waals surface area contributed by atoms with E-state index in [0.29, 0.717) is 27.1 Å². The second-order valence-corrected chi connectivity index (χ2v) is 12.7. The summed E-state index contributed by atoms with van der Waals surface area (Å²) in [4.78, 5) is 40.5. The van der Waals surface area contributed by atoms with Gasteiger partial charge < -0.3 is 19.2 Å². The van der Waals surface area contributed by atoms with Crippen molar-refractivity contribution in [1.82, 2.24) is 0 Å². The number of hydrogen-bond donors (Lipinski definition) is 1. The molecule has 0 saturated heterocycles. The standard InChI is InChI=1S/C33H35NO6S/c1-18-15-23-24(16-19(18)2)40-29(20-11-13-21(14-12-20)33(3,4)5)30(28(23)36)39-17-26(35)34-31-27(32(37)38-6)22-9-7-8-10-25(22)41-31/h11-16H,7-10,17H2,1-6H3,(H,34,35). The highest BCUT2D eigenvalue weighted by Gasteiger charge is 2.27. The van der Waals surface area contributed by atoms with Crippen LogP contribution in [-0.2, 0) is 27.8 Å². The second-order valence-electron chi connectivity index (χ2n) is 11.6. The molecule has 0 aliphatic heterocycles. The smallest absolute Gasteiger partial charge is 0.341 e. The lowest BCUT2D eigenvalue weighted by molar-refractivity contribution is -0.118. The van der Waals surface area contributed by atoms with Gasteiger partial charge in [0.1, 0.15) is 10.6 Å². The predicted octanol–water partition coefficient (Wildman–Crippen LogP) is 7.12. The van der Waals surface area contributed by atoms with Gasteiger partial charge in [0, 0.05) is 10.4 Å². The average Bonchev–Trinajstić information content (AvgIpc) is 3.30. The summed E-state index contributed by atoms with van der Waals surface area (Å²) in [5.74, 6) is -0.719. The number of anilines is 1. The number of carbonyl (C=O) groups excluding carboxylic acids is 2. The molecule has 1 aliphatic carbocycles. The summed E-state index contributed by atoms with van der Waals surface area (Å²) in [6.07, 6.45) is 3.67. The van der Waals surface area contributed by atoms with E-state index in [2.05, 4.69) is 26.1 Å². The van der Waals surface area contributed by atoms with Crippen molar-refractivity contribution in [3.8, 4) is 17.1 Å². The van der Waals surface area contributed by atoms with E-state index in [1.54, 1.807) is 6.07 Å². The van der Waals surface area contributed by atoms with E-state index in [1.807, 2.05) is 44.2 Å². The summed E-state index contributed by atoms with van der Waals surface area (Å²) in [5.41, 5.74) is 5.19. The monoisotopic (exact) mass is 573 g/mol. The fourth-order valence-corrected chi connectivity index (χ4v) is 6.44. The Balaban J connectivity index is 1.49. The number of amides is 1. The number of ether oxygens (including phenoxy) is 2. The van der Waals surface area contributed by atoms with Gasteiger partial charge in [-0.2, -0.15) is 0 Å². The Morgan fingerprint density at radius 1 is 1.02 bits per heavy atom. The molecule has 0 spiro atoms. The van der Waals surface area contributed by atoms with Crippen LogP contribution in [-0.4, -0.2) is 25.6 Å². The third-order valence-electron chi connectivity index (χ3n) is 7.64. The van der Waals surface area contributed by atoms with Crippen LogP contribution in [0.1, 0.15) is 71.1 Å². The van der Waals surface area contributed by atoms with Gasteiger partial charge >= 0.3 is 5.97 Å². The number of rotatable bonds is 6. The van der Waals surface area contributed by atoms with Crippen molar-refractivity contribution < 1.29 is 23.5 Å². The van der Waals surface area contributed by atoms with Crippen molar-refractivity contribution in [3.63, 3.8) is 0 Å². The normalized spacial score (nSPS) is 13.1. The van der Waals surface area contributed by atoms with Gasteiger partial charge in [0.15, 0.2) is 12.4 Å². The van der Waals surface area contributed by atoms with Crippen LogP contribution in [0.25, 0.3) is 22.3 Å². The highest BCUT2D eigenvalue weighted by molar-refractivity contribution is 7.17. The molecule has 1 N–H and O–H groups in total. The molecule has 41 heavy (non-hydrogen) atoms. The number of nitrogens with one attached hydrogen (secondary N) is 1. The maximum absolute atomic E-state index is 13.7. The zero-order valence-electron chi connectivity index (χ0n) is 24.4. The molecular weight excluding hydrogens is 538 g/mol. The lowest BCUT2D eigenvalue weighted by Crippen LogP contribution is -2.23. The lowest BCUT2D eigenvalue weighted by Gasteiger charge is -2.19. The molecule has 1 amide bonds. The Labute approximate surface area is 243 Å². The molecule has 2 aromatic heterocycles. The van der Waals surface area contributed by atoms with Crippen LogP contribution in [0, 0.1) is 13.8 Å². The highest BCUT2D eigenvalue weighted by atomic mass is 32.1. The minimum Gasteiger partial charge on any atom is -0.476 e. The van der Waals surface area contributed by atoms with Gasteiger partial charge in [-0.15, -0.1) is 11.3 Å². The van der Waals surface area contributed by atoms with E-state index in [0.717, 1.165) is 52.8 Å². The number of methoxy groups -OCH3 is 1. The van der Waals surface area contributed by atoms with Crippen LogP contribution in [0.3, 0.4) is 0 Å². The van der Waals surface area contributed by atoms with Gasteiger partial charge in [-0.25, -0.2) is 4.79 Å². The van der Waals surface area contributed by atoms with Gasteiger partial charge in [-0.1, -0.05) is 45.0 Å². The van der Waals surface area contributed by atoms with Crippen molar-refractivity contribution in [2.45, 2.75) is 65.7 Å². The Morgan fingerprint density at radius 2 is 1.71 bits per heavy atom. The number of hydrogen-bond acceptors (Lipinski definition) is 7. The van der Waals surface area contributed by atoms with Gasteiger partial charge in [0.05, 0.1) is 18.1 Å². The maximum atomic E-state index is 13.7. The fourth-order valence-electron chi connectivity index (χ4n) is 5.15. The number of benzene rings is 2. The first-order valence-corrected chi connectivity index (χ1v) is 14.6. The molecule has 5 rings (SSSR count). The van der Waals surface area contributed by atoms with E-state index in [1.165, 1.54) is 18.4 Å². The van der Waals surface area contributed by atoms with Crippen molar-refractivity contribution in [1.29, 1.82) is 0 Å². The summed E-state index contributed by atoms with van der Waals surface area (Å²) in [6, 6.07) is 11.4. The molecule has 7 nitrogen and oxygen atoms in total. The predicted molar refractivity (Wildman–Crippen MR) is 163 cm³/mol. The van der Waals surface area contributed by atoms with E-state index in [9.17, 15) is 14.4 Å². The molecule has 2 heterocycles. The van der Waals surface area contributed by atoms with Crippen molar-refractivity contribution >= 4 is 39.2 Å². The molecular formula is C33H35NO6S. The zero-order chi connectivity index (χ0) is 29.5. The van der Waals surface area contributed by atoms with Crippen LogP contribution >= 0.6 is 11.3 Å². The molecule has 0 atom stereocenters. The van der Waals surface area contributed by atoms with E-state index >= 15 is 0 Å². The molecule has 4 aromatic rings. The summed E-state index contributed by atoms with van der Waals surface area (Å²) >= 11 is 1.40. The summed E-state index contributed by atoms with van der Waals surface area (Å²) in [6.45, 7) is 9.86. The van der Waals surface area contributed by atoms with E-state index in [4.69, 9.17) is 13.9 Å². The zero-order valence-corrected chi connectivity index (χ0v) is 25.2. The van der Waals surface area contributed by atoms with Gasteiger partial charge in [-0.3, -0.25) is 9.59 Å². The average molecular weight is 574 g/mol. The third kappa shape index (κ3) is 5.66. The Kier molecular flexibility index (Phi) is 7.79. The molecule has 0 unspecified atom stereocenters. The molecule has 0 radical (unpaired) electrons. The van der Waals surface area contributed by atoms with Crippen LogP contribution in [0.5, 0.6) is 5.75 Å². The van der Waals surface area contributed by atoms with Crippen LogP contribution in [0.15, 0.2) is 45.6 Å². The largest absolute Gasteiger partial charge is 0.476 e. The molecule has 0 fully saturated rings. The minimum atomic E-state index is -0.484. The first-order chi connectivity index (χ1) is 19.5. The first-order valence-electron chi connectivity index (χ1n) is 13.8. The third-order valence-corrected chi connectivity index (χ3v) is 8.85. The topological polar surface area (TPSA) is 94.8 Å². The minimum absolute atomic E-state index is 0.0296. The molecule has 0 bridgehead atoms. The van der Waals surface area contributed by atoms with E-state index in [-0.39, 0.29) is 22.4 Å². The van der Waals surface area contributed by atoms with Crippen molar-refractivity contribution in [2.24, 2.45) is 0 Å². The number of thiophene rings is 1. The Bertz CT molecular complexity index is 1710. The second kappa shape index (κ2) is 11.2. The highest BCUT2D eigenvalue weighted by Crippen LogP contribution is 2.39. The number of esters is 1. The number of fused-ring (bicyclic) bond motifs is 2. The van der Waals surface area contributed by atoms with Gasteiger partial charge in [0.2, 0.25) is 11.2 Å². The SMILES string of the molecule is COC(=O)c1c(NC(=O)COc2c(-c3ccc(C(C)(C)C)cc3)oc3cc(C)c(C)cc3c2=O)sc2c1CCCC2. The van der Waals surface area contributed by atoms with Crippen molar-refractivity contribution in [3.05, 3.63) is 79.3 Å². The quantitative estimate of drug-likeness (QED) is 0.247.